The first-order chi connectivity index (χ1) is 9.08. The third-order valence-corrected chi connectivity index (χ3v) is 3.16. The van der Waals surface area contributed by atoms with E-state index in [1.54, 1.807) is 6.08 Å². The molecule has 19 heavy (non-hydrogen) atoms. The molecular formula is C14H14FNO3. The third-order valence-electron chi connectivity index (χ3n) is 3.16. The normalized spacial score (nSPS) is 18.5. The highest BCUT2D eigenvalue weighted by atomic mass is 19.1. The van der Waals surface area contributed by atoms with Gasteiger partial charge < -0.3 is 9.64 Å². The Balaban J connectivity index is 2.38. The minimum absolute atomic E-state index is 0.00804. The molecule has 5 heteroatoms. The molecule has 0 radical (unpaired) electrons. The zero-order valence-electron chi connectivity index (χ0n) is 10.6. The van der Waals surface area contributed by atoms with Gasteiger partial charge in [0, 0.05) is 18.9 Å². The van der Waals surface area contributed by atoms with E-state index in [-0.39, 0.29) is 23.1 Å². The van der Waals surface area contributed by atoms with Gasteiger partial charge >= 0.3 is 5.97 Å². The highest BCUT2D eigenvalue weighted by molar-refractivity contribution is 5.98. The molecule has 1 amide bonds. The highest BCUT2D eigenvalue weighted by Crippen LogP contribution is 2.29. The molecule has 2 rings (SSSR count). The summed E-state index contributed by atoms with van der Waals surface area (Å²) in [6.07, 6.45) is 1.99. The average Bonchev–Trinajstić information content (AvgIpc) is 2.79. The highest BCUT2D eigenvalue weighted by Gasteiger charge is 2.31. The summed E-state index contributed by atoms with van der Waals surface area (Å²) in [4.78, 5) is 24.6. The maximum atomic E-state index is 14.2. The van der Waals surface area contributed by atoms with Crippen molar-refractivity contribution in [2.75, 3.05) is 18.6 Å². The largest absolute Gasteiger partial charge is 0.465 e. The fourth-order valence-electron chi connectivity index (χ4n) is 2.12. The molecule has 1 atom stereocenters. The molecule has 0 spiro atoms. The summed E-state index contributed by atoms with van der Waals surface area (Å²) in [5.41, 5.74) is -0.0629. The van der Waals surface area contributed by atoms with E-state index in [1.807, 2.05) is 0 Å². The summed E-state index contributed by atoms with van der Waals surface area (Å²) in [7, 11) is 1.18. The number of ether oxygens (including phenoxy) is 1. The van der Waals surface area contributed by atoms with Gasteiger partial charge in [-0.25, -0.2) is 9.18 Å². The molecule has 1 aliphatic heterocycles. The van der Waals surface area contributed by atoms with E-state index in [1.165, 1.54) is 30.2 Å². The Bertz CT molecular complexity index is 541. The van der Waals surface area contributed by atoms with Crippen molar-refractivity contribution in [2.24, 2.45) is 5.92 Å². The molecule has 0 saturated carbocycles. The van der Waals surface area contributed by atoms with E-state index in [4.69, 9.17) is 0 Å². The van der Waals surface area contributed by atoms with Gasteiger partial charge in [0.1, 0.15) is 0 Å². The standard InChI is InChI=1S/C14H14FNO3/c1-3-9-7-12(17)16(8-9)11-6-4-5-10(13(11)15)14(18)19-2/h3-6,9H,1,7-8H2,2H3. The lowest BCUT2D eigenvalue weighted by atomic mass is 10.1. The Kier molecular flexibility index (Phi) is 3.64. The number of hydrogen-bond donors (Lipinski definition) is 0. The summed E-state index contributed by atoms with van der Waals surface area (Å²) >= 11 is 0. The molecule has 1 saturated heterocycles. The molecule has 0 aliphatic carbocycles. The van der Waals surface area contributed by atoms with Crippen molar-refractivity contribution in [3.8, 4) is 0 Å². The molecule has 1 aromatic rings. The van der Waals surface area contributed by atoms with Crippen molar-refractivity contribution < 1.29 is 18.7 Å². The van der Waals surface area contributed by atoms with Gasteiger partial charge in [0.05, 0.1) is 18.4 Å². The number of nitrogens with zero attached hydrogens (tertiary/aromatic N) is 1. The minimum atomic E-state index is -0.758. The van der Waals surface area contributed by atoms with E-state index in [2.05, 4.69) is 11.3 Å². The number of halogens is 1. The van der Waals surface area contributed by atoms with E-state index in [0.29, 0.717) is 13.0 Å². The van der Waals surface area contributed by atoms with Gasteiger partial charge in [0.2, 0.25) is 5.91 Å². The number of rotatable bonds is 3. The first-order valence-corrected chi connectivity index (χ1v) is 5.88. The molecular weight excluding hydrogens is 249 g/mol. The topological polar surface area (TPSA) is 46.6 Å². The first-order valence-electron chi connectivity index (χ1n) is 5.88. The second-order valence-corrected chi connectivity index (χ2v) is 4.33. The molecule has 100 valence electrons. The maximum Gasteiger partial charge on any atom is 0.340 e. The van der Waals surface area contributed by atoms with Crippen molar-refractivity contribution in [2.45, 2.75) is 6.42 Å². The van der Waals surface area contributed by atoms with Crippen LogP contribution in [0.4, 0.5) is 10.1 Å². The number of benzene rings is 1. The second kappa shape index (κ2) is 5.22. The molecule has 0 bridgehead atoms. The molecule has 1 aliphatic rings. The summed E-state index contributed by atoms with van der Waals surface area (Å²) in [6.45, 7) is 4.02. The van der Waals surface area contributed by atoms with Crippen LogP contribution in [-0.2, 0) is 9.53 Å². The second-order valence-electron chi connectivity index (χ2n) is 4.33. The Labute approximate surface area is 110 Å². The summed E-state index contributed by atoms with van der Waals surface area (Å²) in [6, 6.07) is 4.33. The Morgan fingerprint density at radius 1 is 1.58 bits per heavy atom. The Morgan fingerprint density at radius 2 is 2.32 bits per heavy atom. The predicted octanol–water partition coefficient (Wildman–Crippen LogP) is 2.15. The number of hydrogen-bond acceptors (Lipinski definition) is 3. The zero-order chi connectivity index (χ0) is 14.0. The van der Waals surface area contributed by atoms with Crippen LogP contribution >= 0.6 is 0 Å². The molecule has 1 heterocycles. The van der Waals surface area contributed by atoms with Crippen LogP contribution in [0, 0.1) is 11.7 Å². The number of carbonyl (C=O) groups excluding carboxylic acids is 2. The lowest BCUT2D eigenvalue weighted by Crippen LogP contribution is -2.26. The van der Waals surface area contributed by atoms with Gasteiger partial charge in [-0.05, 0) is 12.1 Å². The lowest BCUT2D eigenvalue weighted by molar-refractivity contribution is -0.117. The fourth-order valence-corrected chi connectivity index (χ4v) is 2.12. The van der Waals surface area contributed by atoms with Crippen molar-refractivity contribution in [3.05, 3.63) is 42.2 Å². The van der Waals surface area contributed by atoms with Crippen LogP contribution in [0.3, 0.4) is 0 Å². The van der Waals surface area contributed by atoms with Crippen LogP contribution in [0.1, 0.15) is 16.8 Å². The van der Waals surface area contributed by atoms with Crippen LogP contribution in [-0.4, -0.2) is 25.5 Å². The van der Waals surface area contributed by atoms with E-state index < -0.39 is 11.8 Å². The number of carbonyl (C=O) groups is 2. The first kappa shape index (κ1) is 13.3. The van der Waals surface area contributed by atoms with Gasteiger partial charge in [-0.3, -0.25) is 4.79 Å². The van der Waals surface area contributed by atoms with Gasteiger partial charge in [0.15, 0.2) is 5.82 Å². The molecule has 1 aromatic carbocycles. The molecule has 0 N–H and O–H groups in total. The third kappa shape index (κ3) is 2.36. The molecule has 0 aromatic heterocycles. The minimum Gasteiger partial charge on any atom is -0.465 e. The lowest BCUT2D eigenvalue weighted by Gasteiger charge is -2.18. The number of esters is 1. The number of anilines is 1. The van der Waals surface area contributed by atoms with Gasteiger partial charge in [0.25, 0.3) is 0 Å². The van der Waals surface area contributed by atoms with Crippen LogP contribution in [0.2, 0.25) is 0 Å². The van der Waals surface area contributed by atoms with Gasteiger partial charge in [-0.15, -0.1) is 6.58 Å². The smallest absolute Gasteiger partial charge is 0.340 e. The molecule has 4 nitrogen and oxygen atoms in total. The molecule has 1 fully saturated rings. The predicted molar refractivity (Wildman–Crippen MR) is 68.4 cm³/mol. The quantitative estimate of drug-likeness (QED) is 0.620. The summed E-state index contributed by atoms with van der Waals surface area (Å²) < 4.78 is 18.8. The number of amides is 1. The average molecular weight is 263 g/mol. The fraction of sp³-hybridized carbons (Fsp3) is 0.286. The monoisotopic (exact) mass is 263 g/mol. The van der Waals surface area contributed by atoms with Crippen LogP contribution < -0.4 is 4.90 Å². The van der Waals surface area contributed by atoms with Crippen molar-refractivity contribution in [1.82, 2.24) is 0 Å². The SMILES string of the molecule is C=CC1CC(=O)N(c2cccc(C(=O)OC)c2F)C1. The maximum absolute atomic E-state index is 14.2. The van der Waals surface area contributed by atoms with E-state index in [0.717, 1.165) is 0 Å². The van der Waals surface area contributed by atoms with Crippen molar-refractivity contribution in [1.29, 1.82) is 0 Å². The summed E-state index contributed by atoms with van der Waals surface area (Å²) in [5.74, 6) is -1.65. The Morgan fingerprint density at radius 3 is 2.89 bits per heavy atom. The van der Waals surface area contributed by atoms with Crippen LogP contribution in [0.25, 0.3) is 0 Å². The Hall–Kier alpha value is -2.17. The van der Waals surface area contributed by atoms with Crippen LogP contribution in [0.5, 0.6) is 0 Å². The van der Waals surface area contributed by atoms with Crippen molar-refractivity contribution >= 4 is 17.6 Å². The molecule has 1 unspecified atom stereocenters. The van der Waals surface area contributed by atoms with Crippen LogP contribution in [0.15, 0.2) is 30.9 Å². The van der Waals surface area contributed by atoms with Crippen molar-refractivity contribution in [3.63, 3.8) is 0 Å². The van der Waals surface area contributed by atoms with E-state index >= 15 is 0 Å². The number of methoxy groups -OCH3 is 1. The van der Waals surface area contributed by atoms with Gasteiger partial charge in [-0.1, -0.05) is 12.1 Å². The van der Waals surface area contributed by atoms with Gasteiger partial charge in [-0.2, -0.15) is 0 Å². The summed E-state index contributed by atoms with van der Waals surface area (Å²) in [5, 5.41) is 0. The van der Waals surface area contributed by atoms with E-state index in [9.17, 15) is 14.0 Å². The zero-order valence-corrected chi connectivity index (χ0v) is 10.6.